The zero-order valence-corrected chi connectivity index (χ0v) is 19.2. The number of rotatable bonds is 4. The van der Waals surface area contributed by atoms with Gasteiger partial charge in [0.05, 0.1) is 6.61 Å². The minimum absolute atomic E-state index is 0.0618. The summed E-state index contributed by atoms with van der Waals surface area (Å²) in [7, 11) is 0. The van der Waals surface area contributed by atoms with Crippen molar-refractivity contribution in [2.24, 2.45) is 4.99 Å². The van der Waals surface area contributed by atoms with Gasteiger partial charge in [0.2, 0.25) is 0 Å². The number of piperazine rings is 1. The van der Waals surface area contributed by atoms with Gasteiger partial charge in [-0.05, 0) is 41.3 Å². The molecule has 0 radical (unpaired) electrons. The molecule has 33 heavy (non-hydrogen) atoms. The van der Waals surface area contributed by atoms with Gasteiger partial charge in [0.25, 0.3) is 0 Å². The molecule has 2 aliphatic heterocycles. The minimum atomic E-state index is 0.0618. The Labute approximate surface area is 196 Å². The third kappa shape index (κ3) is 4.57. The van der Waals surface area contributed by atoms with Crippen LogP contribution in [0.2, 0.25) is 0 Å². The third-order valence-electron chi connectivity index (χ3n) is 6.81. The quantitative estimate of drug-likeness (QED) is 0.601. The summed E-state index contributed by atoms with van der Waals surface area (Å²) in [5.41, 5.74) is 7.10. The number of anilines is 1. The maximum absolute atomic E-state index is 9.72. The Morgan fingerprint density at radius 3 is 2.18 bits per heavy atom. The fourth-order valence-corrected chi connectivity index (χ4v) is 5.12. The summed E-state index contributed by atoms with van der Waals surface area (Å²) in [6.07, 6.45) is 0.877. The fraction of sp³-hybridized carbons (Fsp3) is 0.276. The summed E-state index contributed by atoms with van der Waals surface area (Å²) >= 11 is 0. The van der Waals surface area contributed by atoms with Crippen molar-refractivity contribution in [3.63, 3.8) is 0 Å². The van der Waals surface area contributed by atoms with Crippen molar-refractivity contribution >= 4 is 17.1 Å². The summed E-state index contributed by atoms with van der Waals surface area (Å²) in [5.74, 6) is 1.40. The van der Waals surface area contributed by atoms with Gasteiger partial charge in [-0.25, -0.2) is 4.99 Å². The van der Waals surface area contributed by atoms with E-state index in [-0.39, 0.29) is 12.5 Å². The van der Waals surface area contributed by atoms with E-state index >= 15 is 0 Å². The van der Waals surface area contributed by atoms with Crippen LogP contribution >= 0.6 is 0 Å². The van der Waals surface area contributed by atoms with Gasteiger partial charge in [-0.15, -0.1) is 0 Å². The van der Waals surface area contributed by atoms with E-state index in [1.165, 1.54) is 28.2 Å². The predicted molar refractivity (Wildman–Crippen MR) is 136 cm³/mol. The maximum Gasteiger partial charge on any atom is 0.105 e. The van der Waals surface area contributed by atoms with E-state index in [2.05, 4.69) is 95.6 Å². The lowest BCUT2D eigenvalue weighted by atomic mass is 9.81. The second-order valence-electron chi connectivity index (χ2n) is 8.86. The van der Waals surface area contributed by atoms with Gasteiger partial charge >= 0.3 is 0 Å². The Morgan fingerprint density at radius 1 is 0.818 bits per heavy atom. The topological polar surface area (TPSA) is 39.1 Å². The van der Waals surface area contributed by atoms with Gasteiger partial charge < -0.3 is 14.9 Å². The van der Waals surface area contributed by atoms with Gasteiger partial charge in [0, 0.05) is 49.9 Å². The number of benzene rings is 3. The van der Waals surface area contributed by atoms with Gasteiger partial charge in [0.15, 0.2) is 0 Å². The average molecular weight is 438 g/mol. The van der Waals surface area contributed by atoms with Gasteiger partial charge in [-0.3, -0.25) is 0 Å². The van der Waals surface area contributed by atoms with E-state index in [9.17, 15) is 5.11 Å². The van der Waals surface area contributed by atoms with Crippen LogP contribution in [0, 0.1) is 0 Å². The number of para-hydroxylation sites is 1. The van der Waals surface area contributed by atoms with Crippen LogP contribution in [0.25, 0.3) is 5.57 Å². The molecule has 3 aromatic carbocycles. The first kappa shape index (κ1) is 21.5. The van der Waals surface area contributed by atoms with Gasteiger partial charge in [-0.2, -0.15) is 0 Å². The highest BCUT2D eigenvalue weighted by Gasteiger charge is 2.30. The fourth-order valence-electron chi connectivity index (χ4n) is 5.12. The first-order valence-corrected chi connectivity index (χ1v) is 11.8. The second-order valence-corrected chi connectivity index (χ2v) is 8.86. The Morgan fingerprint density at radius 2 is 1.48 bits per heavy atom. The Bertz CT molecular complexity index is 1150. The Hall–Kier alpha value is -3.37. The minimum Gasteiger partial charge on any atom is -0.392 e. The van der Waals surface area contributed by atoms with Crippen molar-refractivity contribution < 1.29 is 5.11 Å². The van der Waals surface area contributed by atoms with Gasteiger partial charge in [-0.1, -0.05) is 72.8 Å². The van der Waals surface area contributed by atoms with Crippen LogP contribution < -0.4 is 4.90 Å². The molecule has 2 aliphatic rings. The molecule has 4 nitrogen and oxygen atoms in total. The Balaban J connectivity index is 1.44. The lowest BCUT2D eigenvalue weighted by Crippen LogP contribution is -2.49. The number of hydrogen-bond donors (Lipinski definition) is 1. The molecule has 1 N–H and O–H groups in total. The molecular formula is C29H31N3O. The smallest absolute Gasteiger partial charge is 0.105 e. The molecule has 0 aliphatic carbocycles. The first-order valence-electron chi connectivity index (χ1n) is 11.8. The van der Waals surface area contributed by atoms with Gasteiger partial charge in [0.1, 0.15) is 5.84 Å². The lowest BCUT2D eigenvalue weighted by molar-refractivity contribution is 0.281. The number of allylic oxidation sites excluding steroid dienone is 2. The number of amidine groups is 1. The normalized spacial score (nSPS) is 19.0. The molecule has 1 unspecified atom stereocenters. The standard InChI is InChI=1S/C29H31N3O/c1-22-29(24-10-4-2-5-11-24)27(25-12-8-9-23(19-25)21-33)20-28(30-22)32-17-15-31(16-18-32)26-13-6-3-7-14-26/h2-14,19,27,33H,15-18,20-21H2,1H3. The summed E-state index contributed by atoms with van der Waals surface area (Å²) in [5, 5.41) is 9.72. The second kappa shape index (κ2) is 9.63. The monoisotopic (exact) mass is 437 g/mol. The summed E-state index contributed by atoms with van der Waals surface area (Å²) in [4.78, 5) is 10.1. The third-order valence-corrected chi connectivity index (χ3v) is 6.81. The molecule has 0 saturated carbocycles. The SMILES string of the molecule is CC1=C(c2ccccc2)C(c2cccc(CO)c2)CC(N2CCN(c3ccccc3)CC2)=N1. The van der Waals surface area contributed by atoms with E-state index in [0.717, 1.165) is 43.9 Å². The zero-order chi connectivity index (χ0) is 22.6. The number of aliphatic hydroxyl groups is 1. The highest BCUT2D eigenvalue weighted by Crippen LogP contribution is 2.41. The number of nitrogens with zero attached hydrogens (tertiary/aromatic N) is 3. The van der Waals surface area contributed by atoms with E-state index in [0.29, 0.717) is 0 Å². The van der Waals surface area contributed by atoms with Crippen LogP contribution in [0.1, 0.15) is 36.0 Å². The Kier molecular flexibility index (Phi) is 6.27. The maximum atomic E-state index is 9.72. The molecule has 1 saturated heterocycles. The van der Waals surface area contributed by atoms with Crippen LogP contribution in [0.3, 0.4) is 0 Å². The number of aliphatic imine (C=N–C) groups is 1. The van der Waals surface area contributed by atoms with Crippen molar-refractivity contribution in [2.45, 2.75) is 25.9 Å². The molecule has 4 heteroatoms. The highest BCUT2D eigenvalue weighted by molar-refractivity contribution is 5.92. The number of hydrogen-bond acceptors (Lipinski definition) is 4. The summed E-state index contributed by atoms with van der Waals surface area (Å²) < 4.78 is 0. The van der Waals surface area contributed by atoms with Crippen molar-refractivity contribution in [3.8, 4) is 0 Å². The molecular weight excluding hydrogens is 406 g/mol. The summed E-state index contributed by atoms with van der Waals surface area (Å²) in [6.45, 7) is 6.16. The van der Waals surface area contributed by atoms with E-state index in [1.807, 2.05) is 6.07 Å². The van der Waals surface area contributed by atoms with Crippen LogP contribution in [0.15, 0.2) is 95.6 Å². The molecule has 0 amide bonds. The molecule has 5 rings (SSSR count). The van der Waals surface area contributed by atoms with Crippen LogP contribution in [0.5, 0.6) is 0 Å². The molecule has 0 bridgehead atoms. The highest BCUT2D eigenvalue weighted by atomic mass is 16.3. The molecule has 1 fully saturated rings. The molecule has 0 aromatic heterocycles. The van der Waals surface area contributed by atoms with Crippen LogP contribution in [-0.4, -0.2) is 42.0 Å². The van der Waals surface area contributed by atoms with E-state index in [1.54, 1.807) is 0 Å². The van der Waals surface area contributed by atoms with E-state index < -0.39 is 0 Å². The van der Waals surface area contributed by atoms with Crippen molar-refractivity contribution in [1.82, 2.24) is 4.90 Å². The largest absolute Gasteiger partial charge is 0.392 e. The first-order chi connectivity index (χ1) is 16.2. The van der Waals surface area contributed by atoms with Crippen LogP contribution in [0.4, 0.5) is 5.69 Å². The zero-order valence-electron chi connectivity index (χ0n) is 19.2. The predicted octanol–water partition coefficient (Wildman–Crippen LogP) is 5.32. The summed E-state index contributed by atoms with van der Waals surface area (Å²) in [6, 6.07) is 29.7. The van der Waals surface area contributed by atoms with Crippen LogP contribution in [-0.2, 0) is 6.61 Å². The molecule has 3 aromatic rings. The molecule has 2 heterocycles. The number of aliphatic hydroxyl groups excluding tert-OH is 1. The average Bonchev–Trinajstić information content (AvgIpc) is 2.89. The van der Waals surface area contributed by atoms with Crippen molar-refractivity contribution in [1.29, 1.82) is 0 Å². The van der Waals surface area contributed by atoms with Crippen molar-refractivity contribution in [3.05, 3.63) is 107 Å². The lowest BCUT2D eigenvalue weighted by Gasteiger charge is -2.40. The van der Waals surface area contributed by atoms with E-state index in [4.69, 9.17) is 4.99 Å². The molecule has 0 spiro atoms. The molecule has 1 atom stereocenters. The van der Waals surface area contributed by atoms with Crippen molar-refractivity contribution in [2.75, 3.05) is 31.1 Å². The molecule has 168 valence electrons.